The van der Waals surface area contributed by atoms with Crippen molar-refractivity contribution in [2.24, 2.45) is 0 Å². The summed E-state index contributed by atoms with van der Waals surface area (Å²) < 4.78 is 5.43. The van der Waals surface area contributed by atoms with Crippen molar-refractivity contribution in [3.05, 3.63) is 71.4 Å². The fourth-order valence-corrected chi connectivity index (χ4v) is 3.16. The van der Waals surface area contributed by atoms with Crippen molar-refractivity contribution >= 4 is 28.9 Å². The molecule has 2 aromatic carbocycles. The second-order valence-electron chi connectivity index (χ2n) is 5.89. The van der Waals surface area contributed by atoms with E-state index in [1.165, 1.54) is 0 Å². The Morgan fingerprint density at radius 2 is 1.85 bits per heavy atom. The van der Waals surface area contributed by atoms with Crippen LogP contribution in [0.2, 0.25) is 0 Å². The fraction of sp³-hybridized carbons (Fsp3) is 0.200. The lowest BCUT2D eigenvalue weighted by atomic mass is 9.95. The predicted molar refractivity (Wildman–Crippen MR) is 107 cm³/mol. The van der Waals surface area contributed by atoms with Crippen LogP contribution in [0, 0.1) is 0 Å². The molecule has 0 fully saturated rings. The van der Waals surface area contributed by atoms with Gasteiger partial charge in [0.1, 0.15) is 5.75 Å². The minimum absolute atomic E-state index is 0.178. The second-order valence-corrected chi connectivity index (χ2v) is 6.30. The van der Waals surface area contributed by atoms with Gasteiger partial charge in [0, 0.05) is 11.4 Å². The number of rotatable bonds is 5. The summed E-state index contributed by atoms with van der Waals surface area (Å²) in [4.78, 5) is 13.0. The lowest BCUT2D eigenvalue weighted by Gasteiger charge is -2.30. The first-order valence-electron chi connectivity index (χ1n) is 8.46. The molecule has 1 atom stereocenters. The van der Waals surface area contributed by atoms with E-state index in [1.807, 2.05) is 68.4 Å². The zero-order chi connectivity index (χ0) is 18.5. The average Bonchev–Trinajstić information content (AvgIpc) is 2.63. The monoisotopic (exact) mass is 367 g/mol. The number of nitrogens with one attached hydrogen (secondary N) is 3. The van der Waals surface area contributed by atoms with Crippen LogP contribution >= 0.6 is 12.2 Å². The van der Waals surface area contributed by atoms with Gasteiger partial charge in [-0.1, -0.05) is 30.3 Å². The number of ether oxygens (including phenoxy) is 1. The van der Waals surface area contributed by atoms with Crippen LogP contribution in [0.4, 0.5) is 5.69 Å². The van der Waals surface area contributed by atoms with Crippen LogP contribution in [0.3, 0.4) is 0 Å². The molecule has 6 heteroatoms. The number of carbonyl (C=O) groups excluding carboxylic acids is 1. The lowest BCUT2D eigenvalue weighted by molar-refractivity contribution is -0.113. The molecule has 1 aliphatic rings. The van der Waals surface area contributed by atoms with Crippen molar-refractivity contribution in [3.63, 3.8) is 0 Å². The third-order valence-corrected chi connectivity index (χ3v) is 4.29. The molecule has 0 spiro atoms. The molecule has 0 saturated carbocycles. The summed E-state index contributed by atoms with van der Waals surface area (Å²) in [6, 6.07) is 16.8. The molecule has 5 nitrogen and oxygen atoms in total. The standard InChI is InChI=1S/C20H21N3O2S/c1-3-25-16-11-9-15(10-12-16)22-19(24)17-13(2)21-20(26)23-18(17)14-7-5-4-6-8-14/h4-12,18H,3H2,1-2H3,(H,22,24)(H2,21,23,26)/t18-/m0/s1. The van der Waals surface area contributed by atoms with Crippen LogP contribution in [0.1, 0.15) is 25.5 Å². The molecule has 1 amide bonds. The first kappa shape index (κ1) is 17.9. The van der Waals surface area contributed by atoms with Crippen molar-refractivity contribution in [2.45, 2.75) is 19.9 Å². The van der Waals surface area contributed by atoms with E-state index in [0.29, 0.717) is 23.0 Å². The van der Waals surface area contributed by atoms with E-state index in [-0.39, 0.29) is 11.9 Å². The van der Waals surface area contributed by atoms with Crippen LogP contribution in [-0.4, -0.2) is 17.6 Å². The molecule has 1 heterocycles. The topological polar surface area (TPSA) is 62.4 Å². The Labute approximate surface area is 158 Å². The number of hydrogen-bond donors (Lipinski definition) is 3. The zero-order valence-electron chi connectivity index (χ0n) is 14.7. The number of anilines is 1. The van der Waals surface area contributed by atoms with Gasteiger partial charge in [-0.25, -0.2) is 0 Å². The summed E-state index contributed by atoms with van der Waals surface area (Å²) in [5, 5.41) is 9.69. The molecule has 1 aliphatic heterocycles. The van der Waals surface area contributed by atoms with Gasteiger partial charge in [0.2, 0.25) is 0 Å². The van der Waals surface area contributed by atoms with Crippen LogP contribution in [0.5, 0.6) is 5.75 Å². The maximum atomic E-state index is 13.0. The highest BCUT2D eigenvalue weighted by Gasteiger charge is 2.29. The Morgan fingerprint density at radius 3 is 2.50 bits per heavy atom. The predicted octanol–water partition coefficient (Wildman–Crippen LogP) is 3.52. The smallest absolute Gasteiger partial charge is 0.255 e. The summed E-state index contributed by atoms with van der Waals surface area (Å²) >= 11 is 5.27. The van der Waals surface area contributed by atoms with Gasteiger partial charge in [-0.15, -0.1) is 0 Å². The molecule has 0 unspecified atom stereocenters. The van der Waals surface area contributed by atoms with Crippen molar-refractivity contribution in [2.75, 3.05) is 11.9 Å². The highest BCUT2D eigenvalue weighted by atomic mass is 32.1. The van der Waals surface area contributed by atoms with Crippen LogP contribution in [0.15, 0.2) is 65.9 Å². The molecule has 2 aromatic rings. The molecule has 134 valence electrons. The summed E-state index contributed by atoms with van der Waals surface area (Å²) in [5.74, 6) is 0.595. The largest absolute Gasteiger partial charge is 0.494 e. The third kappa shape index (κ3) is 4.03. The van der Waals surface area contributed by atoms with E-state index in [1.54, 1.807) is 0 Å². The number of amides is 1. The number of carbonyl (C=O) groups is 1. The van der Waals surface area contributed by atoms with Crippen LogP contribution < -0.4 is 20.7 Å². The molecule has 0 aliphatic carbocycles. The van der Waals surface area contributed by atoms with Gasteiger partial charge in [0.05, 0.1) is 18.2 Å². The number of allylic oxidation sites excluding steroid dienone is 1. The maximum Gasteiger partial charge on any atom is 0.255 e. The molecule has 0 aromatic heterocycles. The Balaban J connectivity index is 1.85. The van der Waals surface area contributed by atoms with E-state index in [2.05, 4.69) is 16.0 Å². The van der Waals surface area contributed by atoms with Gasteiger partial charge in [-0.05, 0) is 55.9 Å². The molecular formula is C20H21N3O2S. The number of thiocarbonyl (C=S) groups is 1. The van der Waals surface area contributed by atoms with E-state index >= 15 is 0 Å². The minimum atomic E-state index is -0.298. The molecule has 0 saturated heterocycles. The summed E-state index contributed by atoms with van der Waals surface area (Å²) in [7, 11) is 0. The SMILES string of the molecule is CCOc1ccc(NC(=O)C2=C(C)NC(=S)N[C@H]2c2ccccc2)cc1. The Bertz CT molecular complexity index is 832. The normalized spacial score (nSPS) is 16.5. The van der Waals surface area contributed by atoms with Crippen LogP contribution in [-0.2, 0) is 4.79 Å². The van der Waals surface area contributed by atoms with E-state index in [9.17, 15) is 4.79 Å². The maximum absolute atomic E-state index is 13.0. The van der Waals surface area contributed by atoms with E-state index in [0.717, 1.165) is 17.0 Å². The average molecular weight is 367 g/mol. The lowest BCUT2D eigenvalue weighted by Crippen LogP contribution is -2.45. The zero-order valence-corrected chi connectivity index (χ0v) is 15.5. The molecule has 3 rings (SSSR count). The van der Waals surface area contributed by atoms with Gasteiger partial charge in [-0.3, -0.25) is 4.79 Å². The van der Waals surface area contributed by atoms with Crippen molar-refractivity contribution in [1.29, 1.82) is 0 Å². The van der Waals surface area contributed by atoms with Gasteiger partial charge in [0.25, 0.3) is 5.91 Å². The van der Waals surface area contributed by atoms with Gasteiger partial charge in [0.15, 0.2) is 5.11 Å². The van der Waals surface area contributed by atoms with Crippen LogP contribution in [0.25, 0.3) is 0 Å². The summed E-state index contributed by atoms with van der Waals surface area (Å²) in [6.45, 7) is 4.39. The van der Waals surface area contributed by atoms with Crippen molar-refractivity contribution in [1.82, 2.24) is 10.6 Å². The quantitative estimate of drug-likeness (QED) is 0.706. The van der Waals surface area contributed by atoms with Gasteiger partial charge < -0.3 is 20.7 Å². The molecular weight excluding hydrogens is 346 g/mol. The second kappa shape index (κ2) is 8.01. The third-order valence-electron chi connectivity index (χ3n) is 4.07. The van der Waals surface area contributed by atoms with Gasteiger partial charge >= 0.3 is 0 Å². The highest BCUT2D eigenvalue weighted by Crippen LogP contribution is 2.28. The Kier molecular flexibility index (Phi) is 5.53. The molecule has 0 radical (unpaired) electrons. The highest BCUT2D eigenvalue weighted by molar-refractivity contribution is 7.80. The number of benzene rings is 2. The van der Waals surface area contributed by atoms with Gasteiger partial charge in [-0.2, -0.15) is 0 Å². The van der Waals surface area contributed by atoms with Crippen molar-refractivity contribution < 1.29 is 9.53 Å². The summed E-state index contributed by atoms with van der Waals surface area (Å²) in [5.41, 5.74) is 3.04. The molecule has 0 bridgehead atoms. The van der Waals surface area contributed by atoms with E-state index in [4.69, 9.17) is 17.0 Å². The Morgan fingerprint density at radius 1 is 1.15 bits per heavy atom. The first-order chi connectivity index (χ1) is 12.6. The van der Waals surface area contributed by atoms with Crippen molar-refractivity contribution in [3.8, 4) is 5.75 Å². The number of hydrogen-bond acceptors (Lipinski definition) is 3. The first-order valence-corrected chi connectivity index (χ1v) is 8.86. The Hall–Kier alpha value is -2.86. The summed E-state index contributed by atoms with van der Waals surface area (Å²) in [6.07, 6.45) is 0. The molecule has 26 heavy (non-hydrogen) atoms. The fourth-order valence-electron chi connectivity index (χ4n) is 2.89. The molecule has 3 N–H and O–H groups in total. The minimum Gasteiger partial charge on any atom is -0.494 e. The van der Waals surface area contributed by atoms with E-state index < -0.39 is 0 Å².